The van der Waals surface area contributed by atoms with Crippen molar-refractivity contribution in [3.05, 3.63) is 78.0 Å². The maximum Gasteiger partial charge on any atom is 0.224 e. The van der Waals surface area contributed by atoms with E-state index in [1.54, 1.807) is 13.3 Å². The number of ether oxygens (including phenoxy) is 3. The topological polar surface area (TPSA) is 70.0 Å². The Labute approximate surface area is 209 Å². The molecule has 6 nitrogen and oxygen atoms in total. The highest BCUT2D eigenvalue weighted by Gasteiger charge is 2.58. The van der Waals surface area contributed by atoms with Crippen LogP contribution in [0.1, 0.15) is 31.9 Å². The van der Waals surface area contributed by atoms with E-state index in [4.69, 9.17) is 18.6 Å². The molecule has 1 aliphatic rings. The molecule has 1 aromatic heterocycles. The van der Waals surface area contributed by atoms with Crippen molar-refractivity contribution in [3.63, 3.8) is 0 Å². The van der Waals surface area contributed by atoms with E-state index in [1.807, 2.05) is 60.7 Å². The molecule has 2 heterocycles. The highest BCUT2D eigenvalue weighted by molar-refractivity contribution is 6.74. The van der Waals surface area contributed by atoms with E-state index in [0.717, 1.165) is 16.5 Å². The minimum Gasteiger partial charge on any atom is -0.408 e. The molecule has 3 unspecified atom stereocenters. The van der Waals surface area contributed by atoms with Crippen LogP contribution in [0.25, 0.3) is 10.9 Å². The smallest absolute Gasteiger partial charge is 0.224 e. The van der Waals surface area contributed by atoms with E-state index in [9.17, 15) is 5.11 Å². The van der Waals surface area contributed by atoms with E-state index in [-0.39, 0.29) is 11.6 Å². The van der Waals surface area contributed by atoms with Crippen LogP contribution in [0.4, 0.5) is 0 Å². The largest absolute Gasteiger partial charge is 0.408 e. The fourth-order valence-corrected chi connectivity index (χ4v) is 5.54. The van der Waals surface area contributed by atoms with Crippen LogP contribution in [0.15, 0.2) is 66.9 Å². The van der Waals surface area contributed by atoms with Crippen molar-refractivity contribution in [3.8, 4) is 0 Å². The summed E-state index contributed by atoms with van der Waals surface area (Å²) in [7, 11) is -0.636. The summed E-state index contributed by atoms with van der Waals surface area (Å²) in [6.07, 6.45) is -0.113. The highest BCUT2D eigenvalue weighted by atomic mass is 28.4. The van der Waals surface area contributed by atoms with Crippen LogP contribution < -0.4 is 0 Å². The summed E-state index contributed by atoms with van der Waals surface area (Å²) in [5, 5.41) is 12.8. The number of fused-ring (bicyclic) bond motifs is 1. The zero-order valence-electron chi connectivity index (χ0n) is 21.5. The maximum atomic E-state index is 11.9. The van der Waals surface area contributed by atoms with E-state index < -0.39 is 32.4 Å². The van der Waals surface area contributed by atoms with Crippen LogP contribution in [-0.4, -0.2) is 50.4 Å². The summed E-state index contributed by atoms with van der Waals surface area (Å²) < 4.78 is 25.1. The molecule has 0 aliphatic carbocycles. The summed E-state index contributed by atoms with van der Waals surface area (Å²) in [5.74, 6) is -1.72. The predicted octanol–water partition coefficient (Wildman–Crippen LogP) is 5.40. The molecule has 0 bridgehead atoms. The fourth-order valence-electron chi connectivity index (χ4n) is 4.23. The molecular weight excluding hydrogens is 458 g/mol. The molecule has 0 amide bonds. The maximum absolute atomic E-state index is 11.9. The minimum atomic E-state index is -2.22. The van der Waals surface area contributed by atoms with Gasteiger partial charge in [0.1, 0.15) is 18.3 Å². The van der Waals surface area contributed by atoms with Gasteiger partial charge >= 0.3 is 0 Å². The molecule has 3 aromatic rings. The minimum absolute atomic E-state index is 0.0219. The standard InChI is InChI=1S/C28H37NO5Si/c1-27(2,3)35(5,6)34-25-24(19-32-18-20-12-8-7-9-13-20)33-28(30,26(25)31-4)22-16-21-14-10-11-15-23(21)29-17-22/h7-17,24-26,30H,18-19H2,1-6H3/t24?,25?,26?,28-/m1/s1. The van der Waals surface area contributed by atoms with Gasteiger partial charge in [0.2, 0.25) is 5.79 Å². The van der Waals surface area contributed by atoms with Crippen LogP contribution in [0, 0.1) is 0 Å². The summed E-state index contributed by atoms with van der Waals surface area (Å²) in [6.45, 7) is 11.7. The van der Waals surface area contributed by atoms with Gasteiger partial charge in [0.05, 0.1) is 18.7 Å². The van der Waals surface area contributed by atoms with Crippen LogP contribution in [-0.2, 0) is 31.0 Å². The quantitative estimate of drug-likeness (QED) is 0.422. The first-order valence-electron chi connectivity index (χ1n) is 12.1. The molecule has 1 fully saturated rings. The number of benzene rings is 2. The average Bonchev–Trinajstić information content (AvgIpc) is 3.09. The van der Waals surface area contributed by atoms with Gasteiger partial charge in [0, 0.05) is 24.3 Å². The van der Waals surface area contributed by atoms with Gasteiger partial charge in [-0.25, -0.2) is 0 Å². The lowest BCUT2D eigenvalue weighted by molar-refractivity contribution is -0.246. The number of para-hydroxylation sites is 1. The molecule has 1 aliphatic heterocycles. The van der Waals surface area contributed by atoms with Gasteiger partial charge in [-0.2, -0.15) is 0 Å². The molecule has 0 saturated carbocycles. The fraction of sp³-hybridized carbons (Fsp3) is 0.464. The summed E-state index contributed by atoms with van der Waals surface area (Å²) in [5.41, 5.74) is 2.46. The summed E-state index contributed by atoms with van der Waals surface area (Å²) in [4.78, 5) is 4.55. The van der Waals surface area contributed by atoms with Crippen molar-refractivity contribution in [1.29, 1.82) is 0 Å². The first kappa shape index (κ1) is 25.9. The lowest BCUT2D eigenvalue weighted by Crippen LogP contribution is -2.51. The van der Waals surface area contributed by atoms with Crippen molar-refractivity contribution < 1.29 is 23.7 Å². The van der Waals surface area contributed by atoms with Gasteiger partial charge in [0.15, 0.2) is 8.32 Å². The molecular formula is C28H37NO5Si. The first-order valence-corrected chi connectivity index (χ1v) is 15.0. The Balaban J connectivity index is 1.65. The van der Waals surface area contributed by atoms with E-state index in [1.165, 1.54) is 0 Å². The second kappa shape index (κ2) is 10.1. The van der Waals surface area contributed by atoms with Crippen LogP contribution in [0.3, 0.4) is 0 Å². The lowest BCUT2D eigenvalue weighted by atomic mass is 9.98. The molecule has 2 aromatic carbocycles. The number of aliphatic hydroxyl groups is 1. The number of rotatable bonds is 8. The van der Waals surface area contributed by atoms with Gasteiger partial charge in [0.25, 0.3) is 0 Å². The lowest BCUT2D eigenvalue weighted by Gasteiger charge is -2.40. The third-order valence-electron chi connectivity index (χ3n) is 7.27. The van der Waals surface area contributed by atoms with Crippen molar-refractivity contribution in [2.45, 2.75) is 69.6 Å². The third kappa shape index (κ3) is 5.35. The zero-order valence-corrected chi connectivity index (χ0v) is 22.5. The van der Waals surface area contributed by atoms with Crippen molar-refractivity contribution >= 4 is 19.2 Å². The molecule has 1 saturated heterocycles. The molecule has 7 heteroatoms. The first-order chi connectivity index (χ1) is 16.5. The number of nitrogens with zero attached hydrogens (tertiary/aromatic N) is 1. The van der Waals surface area contributed by atoms with Crippen molar-refractivity contribution in [1.82, 2.24) is 4.98 Å². The monoisotopic (exact) mass is 495 g/mol. The molecule has 4 rings (SSSR count). The Morgan fingerprint density at radius 1 is 1.06 bits per heavy atom. The van der Waals surface area contributed by atoms with E-state index >= 15 is 0 Å². The average molecular weight is 496 g/mol. The number of aromatic nitrogens is 1. The molecule has 188 valence electrons. The van der Waals surface area contributed by atoms with Crippen molar-refractivity contribution in [2.75, 3.05) is 13.7 Å². The van der Waals surface area contributed by atoms with Crippen molar-refractivity contribution in [2.24, 2.45) is 0 Å². The Morgan fingerprint density at radius 2 is 1.74 bits per heavy atom. The van der Waals surface area contributed by atoms with Gasteiger partial charge in [-0.05, 0) is 35.8 Å². The van der Waals surface area contributed by atoms with Crippen LogP contribution >= 0.6 is 0 Å². The molecule has 1 N–H and O–H groups in total. The molecule has 35 heavy (non-hydrogen) atoms. The van der Waals surface area contributed by atoms with E-state index in [0.29, 0.717) is 12.2 Å². The Bertz CT molecular complexity index is 1130. The normalized spacial score (nSPS) is 25.3. The third-order valence-corrected chi connectivity index (χ3v) is 11.7. The molecule has 4 atom stereocenters. The second-order valence-electron chi connectivity index (χ2n) is 10.8. The van der Waals surface area contributed by atoms with Gasteiger partial charge in [-0.1, -0.05) is 69.3 Å². The number of pyridine rings is 1. The highest BCUT2D eigenvalue weighted by Crippen LogP contribution is 2.45. The van der Waals surface area contributed by atoms with Gasteiger partial charge in [-0.15, -0.1) is 0 Å². The van der Waals surface area contributed by atoms with Crippen LogP contribution in [0.2, 0.25) is 18.1 Å². The molecule has 0 spiro atoms. The SMILES string of the molecule is COC1C(O[Si](C)(C)C(C)(C)C)C(COCc2ccccc2)O[C@]1(O)c1cnc2ccccc2c1. The number of hydrogen-bond donors (Lipinski definition) is 1. The van der Waals surface area contributed by atoms with E-state index in [2.05, 4.69) is 38.8 Å². The Hall–Kier alpha value is -2.13. The summed E-state index contributed by atoms with van der Waals surface area (Å²) in [6, 6.07) is 19.7. The predicted molar refractivity (Wildman–Crippen MR) is 139 cm³/mol. The number of hydrogen-bond acceptors (Lipinski definition) is 6. The number of methoxy groups -OCH3 is 1. The second-order valence-corrected chi connectivity index (χ2v) is 15.5. The van der Waals surface area contributed by atoms with Crippen LogP contribution in [0.5, 0.6) is 0 Å². The Kier molecular flexibility index (Phi) is 7.48. The molecule has 0 radical (unpaired) electrons. The van der Waals surface area contributed by atoms with Gasteiger partial charge in [-0.3, -0.25) is 4.98 Å². The van der Waals surface area contributed by atoms with Gasteiger partial charge < -0.3 is 23.7 Å². The Morgan fingerprint density at radius 3 is 2.43 bits per heavy atom. The summed E-state index contributed by atoms with van der Waals surface area (Å²) >= 11 is 0. The zero-order chi connectivity index (χ0) is 25.3.